The van der Waals surface area contributed by atoms with Crippen molar-refractivity contribution in [2.45, 2.75) is 20.3 Å². The lowest BCUT2D eigenvalue weighted by atomic mass is 10.1. The number of aromatic amines is 1. The van der Waals surface area contributed by atoms with E-state index in [-0.39, 0.29) is 18.2 Å². The topological polar surface area (TPSA) is 88.7 Å². The molecule has 7 heteroatoms. The lowest BCUT2D eigenvalue weighted by Gasteiger charge is -2.17. The second kappa shape index (κ2) is 7.03. The van der Waals surface area contributed by atoms with Crippen molar-refractivity contribution < 1.29 is 23.9 Å². The molecule has 0 aliphatic carbocycles. The zero-order valence-corrected chi connectivity index (χ0v) is 14.9. The zero-order chi connectivity index (χ0) is 18.8. The van der Waals surface area contributed by atoms with Crippen molar-refractivity contribution in [3.8, 4) is 0 Å². The molecule has 2 aromatic rings. The van der Waals surface area contributed by atoms with Gasteiger partial charge in [0.05, 0.1) is 12.7 Å². The van der Waals surface area contributed by atoms with Gasteiger partial charge >= 0.3 is 11.9 Å². The summed E-state index contributed by atoms with van der Waals surface area (Å²) in [6.45, 7) is 3.51. The number of carbonyl (C=O) groups is 3. The van der Waals surface area contributed by atoms with Gasteiger partial charge in [0.15, 0.2) is 6.61 Å². The number of aromatic nitrogens is 1. The van der Waals surface area contributed by atoms with Crippen LogP contribution in [0.4, 0.5) is 5.69 Å². The van der Waals surface area contributed by atoms with Gasteiger partial charge in [-0.2, -0.15) is 0 Å². The van der Waals surface area contributed by atoms with Crippen LogP contribution in [-0.4, -0.2) is 43.1 Å². The normalized spacial score (nSPS) is 12.7. The number of H-pyrrole nitrogens is 1. The lowest BCUT2D eigenvalue weighted by Crippen LogP contribution is -2.33. The number of carbonyl (C=O) groups excluding carboxylic acids is 3. The summed E-state index contributed by atoms with van der Waals surface area (Å²) >= 11 is 0. The molecule has 136 valence electrons. The van der Waals surface area contributed by atoms with Crippen molar-refractivity contribution in [2.75, 3.05) is 25.2 Å². The lowest BCUT2D eigenvalue weighted by molar-refractivity contribution is -0.121. The minimum atomic E-state index is -0.679. The van der Waals surface area contributed by atoms with Crippen molar-refractivity contribution in [1.82, 2.24) is 4.98 Å². The van der Waals surface area contributed by atoms with Gasteiger partial charge in [-0.05, 0) is 37.5 Å². The standard InChI is InChI=1S/C19H20N2O5/c1-11-16(18(23)25-3)12(2)20-17(11)19(24)26-10-15(22)21-9-8-13-6-4-5-7-14(13)21/h4-7,20H,8-10H2,1-3H3. The third-order valence-corrected chi connectivity index (χ3v) is 4.55. The Morgan fingerprint density at radius 2 is 1.88 bits per heavy atom. The highest BCUT2D eigenvalue weighted by Crippen LogP contribution is 2.27. The molecule has 26 heavy (non-hydrogen) atoms. The van der Waals surface area contributed by atoms with Gasteiger partial charge < -0.3 is 19.4 Å². The fourth-order valence-electron chi connectivity index (χ4n) is 3.24. The molecule has 1 aliphatic rings. The number of fused-ring (bicyclic) bond motifs is 1. The summed E-state index contributed by atoms with van der Waals surface area (Å²) in [5.74, 6) is -1.49. The highest BCUT2D eigenvalue weighted by atomic mass is 16.5. The predicted molar refractivity (Wildman–Crippen MR) is 94.4 cm³/mol. The first kappa shape index (κ1) is 17.7. The Hall–Kier alpha value is -3.09. The number of hydrogen-bond acceptors (Lipinski definition) is 5. The molecule has 3 rings (SSSR count). The number of anilines is 1. The molecule has 1 amide bonds. The third kappa shape index (κ3) is 3.08. The number of rotatable bonds is 4. The molecule has 1 aliphatic heterocycles. The SMILES string of the molecule is COC(=O)c1c(C)[nH]c(C(=O)OCC(=O)N2CCc3ccccc32)c1C. The van der Waals surface area contributed by atoms with Crippen LogP contribution in [0.15, 0.2) is 24.3 Å². The molecule has 0 radical (unpaired) electrons. The van der Waals surface area contributed by atoms with Crippen LogP contribution in [0.2, 0.25) is 0 Å². The number of nitrogens with one attached hydrogen (secondary N) is 1. The summed E-state index contributed by atoms with van der Waals surface area (Å²) < 4.78 is 9.88. The van der Waals surface area contributed by atoms with Crippen LogP contribution in [0.5, 0.6) is 0 Å². The number of benzene rings is 1. The van der Waals surface area contributed by atoms with Crippen molar-refractivity contribution in [3.63, 3.8) is 0 Å². The number of methoxy groups -OCH3 is 1. The van der Waals surface area contributed by atoms with E-state index in [0.29, 0.717) is 23.4 Å². The summed E-state index contributed by atoms with van der Waals surface area (Å²) in [7, 11) is 1.28. The van der Waals surface area contributed by atoms with E-state index < -0.39 is 11.9 Å². The quantitative estimate of drug-likeness (QED) is 0.848. The fraction of sp³-hybridized carbons (Fsp3) is 0.316. The summed E-state index contributed by atoms with van der Waals surface area (Å²) in [4.78, 5) is 41.0. The van der Waals surface area contributed by atoms with Crippen LogP contribution in [0.3, 0.4) is 0 Å². The number of amides is 1. The van der Waals surface area contributed by atoms with Gasteiger partial charge in [-0.3, -0.25) is 4.79 Å². The first-order valence-electron chi connectivity index (χ1n) is 8.27. The molecule has 7 nitrogen and oxygen atoms in total. The highest BCUT2D eigenvalue weighted by Gasteiger charge is 2.27. The maximum Gasteiger partial charge on any atom is 0.355 e. The maximum absolute atomic E-state index is 12.4. The van der Waals surface area contributed by atoms with E-state index in [2.05, 4.69) is 4.98 Å². The molecule has 0 fully saturated rings. The first-order chi connectivity index (χ1) is 12.4. The Labute approximate surface area is 150 Å². The minimum absolute atomic E-state index is 0.150. The second-order valence-electron chi connectivity index (χ2n) is 6.12. The van der Waals surface area contributed by atoms with Crippen molar-refractivity contribution in [1.29, 1.82) is 0 Å². The Morgan fingerprint density at radius 1 is 1.15 bits per heavy atom. The van der Waals surface area contributed by atoms with Crippen LogP contribution >= 0.6 is 0 Å². The van der Waals surface area contributed by atoms with E-state index in [4.69, 9.17) is 9.47 Å². The Balaban J connectivity index is 1.68. The number of hydrogen-bond donors (Lipinski definition) is 1. The van der Waals surface area contributed by atoms with Gasteiger partial charge in [0.25, 0.3) is 5.91 Å². The van der Waals surface area contributed by atoms with Gasteiger partial charge in [0.2, 0.25) is 0 Å². The molecule has 0 bridgehead atoms. The smallest absolute Gasteiger partial charge is 0.355 e. The summed E-state index contributed by atoms with van der Waals surface area (Å²) in [5, 5.41) is 0. The van der Waals surface area contributed by atoms with Gasteiger partial charge in [-0.15, -0.1) is 0 Å². The number of aryl methyl sites for hydroxylation is 1. The molecular formula is C19H20N2O5. The van der Waals surface area contributed by atoms with Crippen LogP contribution in [0, 0.1) is 13.8 Å². The Bertz CT molecular complexity index is 884. The van der Waals surface area contributed by atoms with E-state index in [1.807, 2.05) is 24.3 Å². The summed E-state index contributed by atoms with van der Waals surface area (Å²) in [6, 6.07) is 7.66. The predicted octanol–water partition coefficient (Wildman–Crippen LogP) is 2.16. The van der Waals surface area contributed by atoms with E-state index in [1.54, 1.807) is 18.7 Å². The number of ether oxygens (including phenoxy) is 2. The largest absolute Gasteiger partial charge is 0.465 e. The average Bonchev–Trinajstić information content (AvgIpc) is 3.20. The van der Waals surface area contributed by atoms with Crippen LogP contribution in [0.25, 0.3) is 0 Å². The van der Waals surface area contributed by atoms with E-state index in [0.717, 1.165) is 17.7 Å². The molecule has 0 saturated carbocycles. The number of esters is 2. The summed E-state index contributed by atoms with van der Waals surface area (Å²) in [6.07, 6.45) is 0.785. The molecule has 0 unspecified atom stereocenters. The van der Waals surface area contributed by atoms with Gasteiger partial charge in [-0.25, -0.2) is 9.59 Å². The maximum atomic E-state index is 12.4. The van der Waals surface area contributed by atoms with Crippen LogP contribution in [-0.2, 0) is 20.7 Å². The molecule has 1 aromatic carbocycles. The molecule has 0 atom stereocenters. The second-order valence-corrected chi connectivity index (χ2v) is 6.12. The first-order valence-corrected chi connectivity index (χ1v) is 8.27. The van der Waals surface area contributed by atoms with Crippen molar-refractivity contribution in [3.05, 3.63) is 52.3 Å². The van der Waals surface area contributed by atoms with E-state index >= 15 is 0 Å². The molecule has 0 saturated heterocycles. The van der Waals surface area contributed by atoms with Crippen LogP contribution < -0.4 is 4.90 Å². The summed E-state index contributed by atoms with van der Waals surface area (Å²) in [5.41, 5.74) is 3.37. The number of nitrogens with zero attached hydrogens (tertiary/aromatic N) is 1. The Morgan fingerprint density at radius 3 is 2.62 bits per heavy atom. The third-order valence-electron chi connectivity index (χ3n) is 4.55. The molecule has 1 aromatic heterocycles. The van der Waals surface area contributed by atoms with Gasteiger partial charge in [0, 0.05) is 17.9 Å². The van der Waals surface area contributed by atoms with Crippen molar-refractivity contribution >= 4 is 23.5 Å². The average molecular weight is 356 g/mol. The molecule has 1 N–H and O–H groups in total. The van der Waals surface area contributed by atoms with E-state index in [1.165, 1.54) is 7.11 Å². The van der Waals surface area contributed by atoms with Gasteiger partial charge in [0.1, 0.15) is 5.69 Å². The van der Waals surface area contributed by atoms with Crippen LogP contribution in [0.1, 0.15) is 37.7 Å². The van der Waals surface area contributed by atoms with Gasteiger partial charge in [-0.1, -0.05) is 18.2 Å². The molecule has 2 heterocycles. The number of para-hydroxylation sites is 1. The highest BCUT2D eigenvalue weighted by molar-refractivity contribution is 6.00. The Kier molecular flexibility index (Phi) is 4.79. The molecule has 0 spiro atoms. The monoisotopic (exact) mass is 356 g/mol. The van der Waals surface area contributed by atoms with Crippen molar-refractivity contribution in [2.24, 2.45) is 0 Å². The molecular weight excluding hydrogens is 336 g/mol. The zero-order valence-electron chi connectivity index (χ0n) is 14.9. The fourth-order valence-corrected chi connectivity index (χ4v) is 3.24. The minimum Gasteiger partial charge on any atom is -0.465 e. The van der Waals surface area contributed by atoms with E-state index in [9.17, 15) is 14.4 Å².